The molecule has 2 aromatic heterocycles. The van der Waals surface area contributed by atoms with Gasteiger partial charge < -0.3 is 4.74 Å². The van der Waals surface area contributed by atoms with E-state index in [1.807, 2.05) is 0 Å². The van der Waals surface area contributed by atoms with Crippen LogP contribution < -0.4 is 10.1 Å². The Morgan fingerprint density at radius 2 is 2.29 bits per heavy atom. The van der Waals surface area contributed by atoms with Crippen molar-refractivity contribution in [2.45, 2.75) is 19.3 Å². The quantitative estimate of drug-likeness (QED) is 0.941. The van der Waals surface area contributed by atoms with Gasteiger partial charge in [0.05, 0.1) is 17.7 Å². The van der Waals surface area contributed by atoms with Crippen LogP contribution in [-0.4, -0.2) is 28.8 Å². The zero-order chi connectivity index (χ0) is 14.8. The lowest BCUT2D eigenvalue weighted by molar-refractivity contribution is 0.0975. The molecule has 108 valence electrons. The fourth-order valence-electron chi connectivity index (χ4n) is 2.21. The second kappa shape index (κ2) is 5.61. The molecule has 21 heavy (non-hydrogen) atoms. The minimum atomic E-state index is -0.349. The van der Waals surface area contributed by atoms with E-state index in [1.165, 1.54) is 18.4 Å². The van der Waals surface area contributed by atoms with Gasteiger partial charge in [-0.1, -0.05) is 11.3 Å². The lowest BCUT2D eigenvalue weighted by Crippen LogP contribution is -2.13. The van der Waals surface area contributed by atoms with Crippen LogP contribution in [-0.2, 0) is 6.42 Å². The third kappa shape index (κ3) is 2.64. The van der Waals surface area contributed by atoms with E-state index in [0.29, 0.717) is 22.0 Å². The number of nitrogens with one attached hydrogen (secondary N) is 1. The highest BCUT2D eigenvalue weighted by molar-refractivity contribution is 7.17. The van der Waals surface area contributed by atoms with Crippen LogP contribution in [0.15, 0.2) is 18.3 Å². The minimum Gasteiger partial charge on any atom is -0.480 e. The zero-order valence-corrected chi connectivity index (χ0v) is 12.2. The number of fused-ring (bicyclic) bond motifs is 1. The van der Waals surface area contributed by atoms with Crippen molar-refractivity contribution in [2.24, 2.45) is 0 Å². The summed E-state index contributed by atoms with van der Waals surface area (Å²) in [7, 11) is 1.46. The Kier molecular flexibility index (Phi) is 3.66. The number of anilines is 1. The molecule has 0 aliphatic heterocycles. The molecule has 0 aromatic carbocycles. The normalized spacial score (nSPS) is 13.7. The molecule has 0 bridgehead atoms. The molecule has 0 fully saturated rings. The summed E-state index contributed by atoms with van der Waals surface area (Å²) in [5.74, 6) is 0.0131. The molecule has 0 unspecified atom stereocenters. The van der Waals surface area contributed by atoms with Gasteiger partial charge >= 0.3 is 0 Å². The number of hydrogen-bond donors (Lipinski definition) is 1. The number of pyridine rings is 1. The second-order valence-electron chi connectivity index (χ2n) is 4.59. The summed E-state index contributed by atoms with van der Waals surface area (Å²) >= 11 is 1.23. The number of aromatic nitrogens is 2. The van der Waals surface area contributed by atoms with Gasteiger partial charge in [-0.05, 0) is 25.0 Å². The Hall–Kier alpha value is -2.28. The number of rotatable bonds is 3. The van der Waals surface area contributed by atoms with Crippen LogP contribution in [0, 0.1) is 0 Å². The van der Waals surface area contributed by atoms with Gasteiger partial charge in [0.25, 0.3) is 5.91 Å². The number of amides is 1. The Labute approximate surface area is 125 Å². The third-order valence-corrected chi connectivity index (χ3v) is 4.25. The van der Waals surface area contributed by atoms with Crippen LogP contribution in [0.3, 0.4) is 0 Å². The molecule has 0 spiro atoms. The molecular formula is C14H13N3O3S. The van der Waals surface area contributed by atoms with Crippen molar-refractivity contribution in [3.05, 3.63) is 34.5 Å². The van der Waals surface area contributed by atoms with Crippen molar-refractivity contribution in [2.75, 3.05) is 12.4 Å². The standard InChI is InChI=1S/C14H13N3O3S/c1-20-13-8(4-3-7-15-13)12(19)17-14-16-9-5-2-6-10(18)11(9)21-14/h3-4,7H,2,5-6H2,1H3,(H,16,17,19). The van der Waals surface area contributed by atoms with Gasteiger partial charge in [-0.25, -0.2) is 9.97 Å². The molecule has 1 amide bonds. The van der Waals surface area contributed by atoms with E-state index in [9.17, 15) is 9.59 Å². The maximum atomic E-state index is 12.2. The highest BCUT2D eigenvalue weighted by Gasteiger charge is 2.23. The highest BCUT2D eigenvalue weighted by atomic mass is 32.1. The Balaban J connectivity index is 1.84. The molecule has 6 nitrogen and oxygen atoms in total. The molecule has 1 aliphatic carbocycles. The maximum absolute atomic E-state index is 12.2. The molecule has 2 aromatic rings. The number of hydrogen-bond acceptors (Lipinski definition) is 6. The van der Waals surface area contributed by atoms with Crippen molar-refractivity contribution in [1.29, 1.82) is 0 Å². The molecule has 1 N–H and O–H groups in total. The predicted molar refractivity (Wildman–Crippen MR) is 78.1 cm³/mol. The van der Waals surface area contributed by atoms with E-state index >= 15 is 0 Å². The summed E-state index contributed by atoms with van der Waals surface area (Å²) in [6, 6.07) is 3.29. The zero-order valence-electron chi connectivity index (χ0n) is 11.4. The molecule has 3 rings (SSSR count). The largest absolute Gasteiger partial charge is 0.480 e. The van der Waals surface area contributed by atoms with Crippen molar-refractivity contribution < 1.29 is 14.3 Å². The first kappa shape index (κ1) is 13.7. The summed E-state index contributed by atoms with van der Waals surface area (Å²) in [5.41, 5.74) is 1.12. The number of carbonyl (C=O) groups excluding carboxylic acids is 2. The van der Waals surface area contributed by atoms with Crippen molar-refractivity contribution in [3.63, 3.8) is 0 Å². The topological polar surface area (TPSA) is 81.2 Å². The average Bonchev–Trinajstić information content (AvgIpc) is 2.91. The SMILES string of the molecule is COc1ncccc1C(=O)Nc1nc2c(s1)C(=O)CCC2. The van der Waals surface area contributed by atoms with E-state index in [4.69, 9.17) is 4.74 Å². The van der Waals surface area contributed by atoms with Gasteiger partial charge in [0.1, 0.15) is 5.56 Å². The van der Waals surface area contributed by atoms with E-state index in [-0.39, 0.29) is 17.6 Å². The van der Waals surface area contributed by atoms with Crippen LogP contribution in [0.25, 0.3) is 0 Å². The first-order chi connectivity index (χ1) is 10.2. The number of Topliss-reactive ketones (excluding diaryl/α,β-unsaturated/α-hetero) is 1. The van der Waals surface area contributed by atoms with Gasteiger partial charge in [-0.3, -0.25) is 14.9 Å². The van der Waals surface area contributed by atoms with E-state index in [0.717, 1.165) is 18.5 Å². The molecule has 1 aliphatic rings. The van der Waals surface area contributed by atoms with E-state index < -0.39 is 0 Å². The van der Waals surface area contributed by atoms with Crippen molar-refractivity contribution in [3.8, 4) is 5.88 Å². The highest BCUT2D eigenvalue weighted by Crippen LogP contribution is 2.30. The van der Waals surface area contributed by atoms with Crippen LogP contribution in [0.4, 0.5) is 5.13 Å². The monoisotopic (exact) mass is 303 g/mol. The fourth-order valence-corrected chi connectivity index (χ4v) is 3.19. The number of nitrogens with zero attached hydrogens (tertiary/aromatic N) is 2. The average molecular weight is 303 g/mol. The summed E-state index contributed by atoms with van der Waals surface area (Å²) in [4.78, 5) is 33.0. The maximum Gasteiger partial charge on any atom is 0.262 e. The first-order valence-electron chi connectivity index (χ1n) is 6.52. The molecule has 2 heterocycles. The molecule has 0 saturated heterocycles. The number of thiazole rings is 1. The third-order valence-electron chi connectivity index (χ3n) is 3.20. The van der Waals surface area contributed by atoms with Crippen LogP contribution in [0.5, 0.6) is 5.88 Å². The number of aryl methyl sites for hydroxylation is 1. The summed E-state index contributed by atoms with van der Waals surface area (Å²) in [6.07, 6.45) is 3.71. The van der Waals surface area contributed by atoms with E-state index in [2.05, 4.69) is 15.3 Å². The van der Waals surface area contributed by atoms with Crippen LogP contribution >= 0.6 is 11.3 Å². The lowest BCUT2D eigenvalue weighted by Gasteiger charge is -2.06. The number of carbonyl (C=O) groups is 2. The predicted octanol–water partition coefficient (Wildman–Crippen LogP) is 2.32. The van der Waals surface area contributed by atoms with Crippen molar-refractivity contribution >= 4 is 28.2 Å². The van der Waals surface area contributed by atoms with Gasteiger partial charge in [0, 0.05) is 12.6 Å². The van der Waals surface area contributed by atoms with Crippen LogP contribution in [0.1, 0.15) is 38.6 Å². The Bertz CT molecular complexity index is 711. The van der Waals surface area contributed by atoms with E-state index in [1.54, 1.807) is 18.3 Å². The number of ether oxygens (including phenoxy) is 1. The van der Waals surface area contributed by atoms with Gasteiger partial charge in [-0.15, -0.1) is 0 Å². The van der Waals surface area contributed by atoms with Gasteiger partial charge in [0.15, 0.2) is 10.9 Å². The van der Waals surface area contributed by atoms with Crippen LogP contribution in [0.2, 0.25) is 0 Å². The number of ketones is 1. The molecule has 0 saturated carbocycles. The minimum absolute atomic E-state index is 0.105. The lowest BCUT2D eigenvalue weighted by atomic mass is 10.0. The van der Waals surface area contributed by atoms with Crippen molar-refractivity contribution in [1.82, 2.24) is 9.97 Å². The molecular weight excluding hydrogens is 290 g/mol. The van der Waals surface area contributed by atoms with Gasteiger partial charge in [-0.2, -0.15) is 0 Å². The molecule has 0 radical (unpaired) electrons. The Morgan fingerprint density at radius 1 is 1.43 bits per heavy atom. The first-order valence-corrected chi connectivity index (χ1v) is 7.34. The van der Waals surface area contributed by atoms with Gasteiger partial charge in [0.2, 0.25) is 5.88 Å². The number of methoxy groups -OCH3 is 1. The fraction of sp³-hybridized carbons (Fsp3) is 0.286. The Morgan fingerprint density at radius 3 is 3.05 bits per heavy atom. The molecule has 0 atom stereocenters. The second-order valence-corrected chi connectivity index (χ2v) is 5.59. The summed E-state index contributed by atoms with van der Waals surface area (Å²) in [6.45, 7) is 0. The molecule has 7 heteroatoms. The summed E-state index contributed by atoms with van der Waals surface area (Å²) in [5, 5.41) is 3.14. The smallest absolute Gasteiger partial charge is 0.262 e. The summed E-state index contributed by atoms with van der Waals surface area (Å²) < 4.78 is 5.06.